The number of benzene rings is 1. The Morgan fingerprint density at radius 1 is 1.10 bits per heavy atom. The summed E-state index contributed by atoms with van der Waals surface area (Å²) in [7, 11) is 3.18. The number of carbonyl (C=O) groups excluding carboxylic acids is 2. The smallest absolute Gasteiger partial charge is 0.209 e. The zero-order valence-electron chi connectivity index (χ0n) is 12.2. The molecule has 21 heavy (non-hydrogen) atoms. The highest BCUT2D eigenvalue weighted by Gasteiger charge is 2.24. The van der Waals surface area contributed by atoms with E-state index in [-0.39, 0.29) is 17.9 Å². The van der Waals surface area contributed by atoms with Crippen molar-refractivity contribution >= 4 is 11.6 Å². The number of allylic oxidation sites excluding steroid dienone is 2. The Hall–Kier alpha value is -1.98. The summed E-state index contributed by atoms with van der Waals surface area (Å²) in [4.78, 5) is 24.2. The van der Waals surface area contributed by atoms with Gasteiger partial charge in [0.25, 0.3) is 0 Å². The van der Waals surface area contributed by atoms with Gasteiger partial charge in [-0.15, -0.1) is 0 Å². The van der Waals surface area contributed by atoms with E-state index >= 15 is 0 Å². The fourth-order valence-corrected chi connectivity index (χ4v) is 2.27. The number of fused-ring (bicyclic) bond motifs is 1. The second kappa shape index (κ2) is 7.15. The number of ketones is 2. The lowest BCUT2D eigenvalue weighted by atomic mass is 9.93. The first kappa shape index (κ1) is 15.4. The molecule has 5 heteroatoms. The van der Waals surface area contributed by atoms with Crippen molar-refractivity contribution in [3.63, 3.8) is 0 Å². The first-order chi connectivity index (χ1) is 10.2. The molecule has 2 rings (SSSR count). The molecule has 0 aromatic heterocycles. The molecule has 112 valence electrons. The quantitative estimate of drug-likeness (QED) is 0.614. The van der Waals surface area contributed by atoms with Crippen LogP contribution in [0.4, 0.5) is 0 Å². The lowest BCUT2D eigenvalue weighted by Gasteiger charge is -2.17. The Kier molecular flexibility index (Phi) is 5.25. The summed E-state index contributed by atoms with van der Waals surface area (Å²) < 4.78 is 10.2. The van der Waals surface area contributed by atoms with Gasteiger partial charge in [-0.25, -0.2) is 0 Å². The minimum absolute atomic E-state index is 0.139. The number of ether oxygens (including phenoxy) is 2. The van der Waals surface area contributed by atoms with Gasteiger partial charge in [0.1, 0.15) is 0 Å². The predicted octanol–water partition coefficient (Wildman–Crippen LogP) is 1.94. The van der Waals surface area contributed by atoms with Crippen molar-refractivity contribution < 1.29 is 19.1 Å². The number of hydrogen-bond acceptors (Lipinski definition) is 5. The van der Waals surface area contributed by atoms with Gasteiger partial charge in [0.2, 0.25) is 5.78 Å². The van der Waals surface area contributed by atoms with Crippen LogP contribution in [0.5, 0.6) is 0 Å². The molecule has 0 atom stereocenters. The van der Waals surface area contributed by atoms with E-state index in [4.69, 9.17) is 9.47 Å². The van der Waals surface area contributed by atoms with Crippen LogP contribution in [0.3, 0.4) is 0 Å². The molecular weight excluding hydrogens is 270 g/mol. The summed E-state index contributed by atoms with van der Waals surface area (Å²) in [5, 5.41) is 3.03. The van der Waals surface area contributed by atoms with Gasteiger partial charge in [0.15, 0.2) is 12.1 Å². The Balaban J connectivity index is 1.93. The standard InChI is InChI=1S/C16H19NO4/c1-20-15(21-2)8-5-9-17-13-10-14(18)11-6-3-4-7-12(11)16(13)19/h3-4,6-7,10,15,17H,5,8-9H2,1-2H3. The summed E-state index contributed by atoms with van der Waals surface area (Å²) in [6.45, 7) is 0.580. The molecule has 1 aliphatic carbocycles. The van der Waals surface area contributed by atoms with Crippen LogP contribution in [0.25, 0.3) is 0 Å². The highest BCUT2D eigenvalue weighted by Crippen LogP contribution is 2.19. The minimum atomic E-state index is -0.245. The minimum Gasteiger partial charge on any atom is -0.382 e. The van der Waals surface area contributed by atoms with Crippen molar-refractivity contribution in [2.75, 3.05) is 20.8 Å². The van der Waals surface area contributed by atoms with Crippen molar-refractivity contribution in [1.29, 1.82) is 0 Å². The molecule has 1 aromatic carbocycles. The van der Waals surface area contributed by atoms with Gasteiger partial charge in [-0.2, -0.15) is 0 Å². The van der Waals surface area contributed by atoms with E-state index in [0.717, 1.165) is 6.42 Å². The second-order valence-electron chi connectivity index (χ2n) is 4.77. The van der Waals surface area contributed by atoms with E-state index in [9.17, 15) is 9.59 Å². The topological polar surface area (TPSA) is 64.6 Å². The maximum Gasteiger partial charge on any atom is 0.209 e. The molecule has 0 aliphatic heterocycles. The molecule has 0 amide bonds. The molecule has 5 nitrogen and oxygen atoms in total. The predicted molar refractivity (Wildman–Crippen MR) is 78.2 cm³/mol. The molecule has 0 saturated carbocycles. The summed E-state index contributed by atoms with van der Waals surface area (Å²) in [6, 6.07) is 6.86. The molecule has 0 heterocycles. The maximum absolute atomic E-state index is 12.3. The van der Waals surface area contributed by atoms with Crippen LogP contribution in [-0.4, -0.2) is 38.6 Å². The molecule has 1 aromatic rings. The van der Waals surface area contributed by atoms with E-state index < -0.39 is 0 Å². The van der Waals surface area contributed by atoms with Gasteiger partial charge in [-0.1, -0.05) is 24.3 Å². The number of nitrogens with one attached hydrogen (secondary N) is 1. The normalized spacial score (nSPS) is 14.1. The number of hydrogen-bond donors (Lipinski definition) is 1. The highest BCUT2D eigenvalue weighted by molar-refractivity contribution is 6.24. The Bertz CT molecular complexity index is 561. The van der Waals surface area contributed by atoms with Crippen LogP contribution >= 0.6 is 0 Å². The van der Waals surface area contributed by atoms with Crippen molar-refractivity contribution in [2.45, 2.75) is 19.1 Å². The monoisotopic (exact) mass is 289 g/mol. The number of methoxy groups -OCH3 is 2. The fourth-order valence-electron chi connectivity index (χ4n) is 2.27. The molecule has 0 saturated heterocycles. The van der Waals surface area contributed by atoms with Crippen LogP contribution in [0, 0.1) is 0 Å². The molecule has 0 fully saturated rings. The van der Waals surface area contributed by atoms with Crippen molar-refractivity contribution in [3.05, 3.63) is 47.2 Å². The summed E-state index contributed by atoms with van der Waals surface area (Å²) in [6.07, 6.45) is 2.61. The highest BCUT2D eigenvalue weighted by atomic mass is 16.7. The van der Waals surface area contributed by atoms with Gasteiger partial charge in [0.05, 0.1) is 5.70 Å². The lowest BCUT2D eigenvalue weighted by Crippen LogP contribution is -2.28. The first-order valence-corrected chi connectivity index (χ1v) is 6.86. The molecule has 1 N–H and O–H groups in total. The number of carbonyl (C=O) groups is 2. The van der Waals surface area contributed by atoms with Gasteiger partial charge >= 0.3 is 0 Å². The van der Waals surface area contributed by atoms with E-state index in [1.807, 2.05) is 0 Å². The maximum atomic E-state index is 12.3. The SMILES string of the molecule is COC(CCCNC1=CC(=O)c2ccccc2C1=O)OC. The first-order valence-electron chi connectivity index (χ1n) is 6.86. The van der Waals surface area contributed by atoms with Gasteiger partial charge in [0, 0.05) is 38.0 Å². The van der Waals surface area contributed by atoms with E-state index in [1.165, 1.54) is 6.08 Å². The molecule has 1 aliphatic rings. The second-order valence-corrected chi connectivity index (χ2v) is 4.77. The third-order valence-electron chi connectivity index (χ3n) is 3.42. The molecule has 0 bridgehead atoms. The largest absolute Gasteiger partial charge is 0.382 e. The van der Waals surface area contributed by atoms with E-state index in [0.29, 0.717) is 29.8 Å². The van der Waals surface area contributed by atoms with E-state index in [1.54, 1.807) is 38.5 Å². The molecular formula is C16H19NO4. The third kappa shape index (κ3) is 3.56. The van der Waals surface area contributed by atoms with Gasteiger partial charge in [-0.05, 0) is 12.8 Å². The Morgan fingerprint density at radius 3 is 2.43 bits per heavy atom. The van der Waals surface area contributed by atoms with Crippen molar-refractivity contribution in [3.8, 4) is 0 Å². The van der Waals surface area contributed by atoms with E-state index in [2.05, 4.69) is 5.32 Å². The van der Waals surface area contributed by atoms with Crippen LogP contribution in [0.15, 0.2) is 36.0 Å². The molecule has 0 radical (unpaired) electrons. The summed E-state index contributed by atoms with van der Waals surface area (Å²) in [5.41, 5.74) is 1.27. The number of Topliss-reactive ketones (excluding diaryl/α,β-unsaturated/α-hetero) is 1. The Morgan fingerprint density at radius 2 is 1.76 bits per heavy atom. The lowest BCUT2D eigenvalue weighted by molar-refractivity contribution is -0.106. The molecule has 0 unspecified atom stereocenters. The zero-order valence-corrected chi connectivity index (χ0v) is 12.2. The van der Waals surface area contributed by atoms with Crippen LogP contribution in [0.2, 0.25) is 0 Å². The average Bonchev–Trinajstić information content (AvgIpc) is 2.52. The van der Waals surface area contributed by atoms with Crippen molar-refractivity contribution in [1.82, 2.24) is 5.32 Å². The van der Waals surface area contributed by atoms with Gasteiger partial charge < -0.3 is 14.8 Å². The fraction of sp³-hybridized carbons (Fsp3) is 0.375. The summed E-state index contributed by atoms with van der Waals surface area (Å²) >= 11 is 0. The Labute approximate surface area is 123 Å². The zero-order chi connectivity index (χ0) is 15.2. The van der Waals surface area contributed by atoms with Gasteiger partial charge in [-0.3, -0.25) is 9.59 Å². The third-order valence-corrected chi connectivity index (χ3v) is 3.42. The summed E-state index contributed by atoms with van der Waals surface area (Å²) in [5.74, 6) is -0.278. The van der Waals surface area contributed by atoms with Crippen LogP contribution in [-0.2, 0) is 9.47 Å². The van der Waals surface area contributed by atoms with Crippen LogP contribution < -0.4 is 5.32 Å². The van der Waals surface area contributed by atoms with Crippen molar-refractivity contribution in [2.24, 2.45) is 0 Å². The van der Waals surface area contributed by atoms with Crippen LogP contribution in [0.1, 0.15) is 33.6 Å². The average molecular weight is 289 g/mol. The molecule has 0 spiro atoms. The number of rotatable bonds is 7.